The number of hydrogen-bond donors (Lipinski definition) is 0. The summed E-state index contributed by atoms with van der Waals surface area (Å²) in [6.45, 7) is 3.03. The Morgan fingerprint density at radius 3 is 2.74 bits per heavy atom. The van der Waals surface area contributed by atoms with E-state index in [1.165, 1.54) is 5.56 Å². The van der Waals surface area contributed by atoms with Crippen molar-refractivity contribution in [3.8, 4) is 6.07 Å². The number of likely N-dealkylation sites (tertiary alicyclic amines) is 1. The van der Waals surface area contributed by atoms with Crippen LogP contribution in [0.2, 0.25) is 0 Å². The monoisotopic (exact) mass is 305 g/mol. The second-order valence-corrected chi connectivity index (χ2v) is 6.24. The molecular formula is C18H19N5. The van der Waals surface area contributed by atoms with Crippen LogP contribution in [0.1, 0.15) is 24.0 Å². The van der Waals surface area contributed by atoms with Crippen LogP contribution in [0.5, 0.6) is 0 Å². The highest BCUT2D eigenvalue weighted by molar-refractivity contribution is 5.36. The summed E-state index contributed by atoms with van der Waals surface area (Å²) in [7, 11) is 0. The fourth-order valence-corrected chi connectivity index (χ4v) is 3.93. The van der Waals surface area contributed by atoms with Crippen molar-refractivity contribution in [3.05, 3.63) is 53.9 Å². The Balaban J connectivity index is 1.49. The molecule has 0 N–H and O–H groups in total. The summed E-state index contributed by atoms with van der Waals surface area (Å²) in [6.07, 6.45) is 5.94. The van der Waals surface area contributed by atoms with E-state index in [1.807, 2.05) is 36.7 Å². The number of nitriles is 1. The van der Waals surface area contributed by atoms with E-state index in [-0.39, 0.29) is 0 Å². The van der Waals surface area contributed by atoms with Crippen LogP contribution in [0.4, 0.5) is 5.95 Å². The van der Waals surface area contributed by atoms with Gasteiger partial charge in [0, 0.05) is 44.1 Å². The first-order valence-corrected chi connectivity index (χ1v) is 8.12. The van der Waals surface area contributed by atoms with Gasteiger partial charge in [-0.2, -0.15) is 5.26 Å². The fourth-order valence-electron chi connectivity index (χ4n) is 3.93. The zero-order valence-corrected chi connectivity index (χ0v) is 13.0. The van der Waals surface area contributed by atoms with Crippen molar-refractivity contribution in [2.45, 2.75) is 31.5 Å². The van der Waals surface area contributed by atoms with Crippen LogP contribution in [0.15, 0.2) is 42.7 Å². The molecule has 1 aromatic carbocycles. The predicted octanol–water partition coefficient (Wildman–Crippen LogP) is 2.20. The summed E-state index contributed by atoms with van der Waals surface area (Å²) in [5.74, 6) is 0.855. The zero-order valence-electron chi connectivity index (χ0n) is 13.0. The van der Waals surface area contributed by atoms with Gasteiger partial charge in [0.05, 0.1) is 11.6 Å². The van der Waals surface area contributed by atoms with E-state index >= 15 is 0 Å². The van der Waals surface area contributed by atoms with Gasteiger partial charge in [-0.15, -0.1) is 0 Å². The van der Waals surface area contributed by atoms with Crippen LogP contribution in [-0.4, -0.2) is 40.0 Å². The van der Waals surface area contributed by atoms with Gasteiger partial charge in [-0.25, -0.2) is 9.97 Å². The molecule has 0 unspecified atom stereocenters. The highest BCUT2D eigenvalue weighted by Crippen LogP contribution is 2.34. The average Bonchev–Trinajstić information content (AvgIpc) is 3.19. The number of aromatic nitrogens is 2. The Bertz CT molecular complexity index is 724. The summed E-state index contributed by atoms with van der Waals surface area (Å²) >= 11 is 0. The minimum Gasteiger partial charge on any atom is -0.336 e. The molecule has 5 nitrogen and oxygen atoms in total. The van der Waals surface area contributed by atoms with Gasteiger partial charge in [-0.3, -0.25) is 4.90 Å². The molecule has 4 rings (SSSR count). The van der Waals surface area contributed by atoms with Crippen molar-refractivity contribution in [1.82, 2.24) is 14.9 Å². The summed E-state index contributed by atoms with van der Waals surface area (Å²) in [5.41, 5.74) is 1.96. The molecule has 3 heterocycles. The molecule has 2 aromatic rings. The Morgan fingerprint density at radius 2 is 1.91 bits per heavy atom. The molecule has 23 heavy (non-hydrogen) atoms. The van der Waals surface area contributed by atoms with E-state index in [2.05, 4.69) is 31.9 Å². The van der Waals surface area contributed by atoms with Crippen molar-refractivity contribution in [2.75, 3.05) is 18.0 Å². The maximum absolute atomic E-state index is 9.05. The molecule has 116 valence electrons. The van der Waals surface area contributed by atoms with Crippen molar-refractivity contribution < 1.29 is 0 Å². The maximum atomic E-state index is 9.05. The predicted molar refractivity (Wildman–Crippen MR) is 87.8 cm³/mol. The van der Waals surface area contributed by atoms with Crippen LogP contribution < -0.4 is 4.90 Å². The van der Waals surface area contributed by atoms with Gasteiger partial charge in [0.1, 0.15) is 0 Å². The SMILES string of the molecule is N#Cc1cccc(CN2CC[C@H]3[C@H]2CCN3c2ncccn2)c1. The molecular weight excluding hydrogens is 286 g/mol. The third-order valence-corrected chi connectivity index (χ3v) is 4.94. The number of rotatable bonds is 3. The second kappa shape index (κ2) is 5.98. The standard InChI is InChI=1S/C18H19N5/c19-12-14-3-1-4-15(11-14)13-22-9-5-17-16(22)6-10-23(17)18-20-7-2-8-21-18/h1-4,7-8,11,16-17H,5-6,9-10,13H2/t16-,17+/m1/s1. The van der Waals surface area contributed by atoms with E-state index in [4.69, 9.17) is 5.26 Å². The lowest BCUT2D eigenvalue weighted by molar-refractivity contribution is 0.246. The number of nitrogens with zero attached hydrogens (tertiary/aromatic N) is 5. The number of fused-ring (bicyclic) bond motifs is 1. The summed E-state index contributed by atoms with van der Waals surface area (Å²) in [5, 5.41) is 9.05. The van der Waals surface area contributed by atoms with Crippen molar-refractivity contribution in [2.24, 2.45) is 0 Å². The first-order valence-electron chi connectivity index (χ1n) is 8.12. The first kappa shape index (κ1) is 14.2. The van der Waals surface area contributed by atoms with Crippen LogP contribution in [0.25, 0.3) is 0 Å². The molecule has 0 saturated carbocycles. The maximum Gasteiger partial charge on any atom is 0.225 e. The topological polar surface area (TPSA) is 56.1 Å². The Morgan fingerprint density at radius 1 is 1.09 bits per heavy atom. The Hall–Kier alpha value is -2.45. The molecule has 2 fully saturated rings. The fraction of sp³-hybridized carbons (Fsp3) is 0.389. The second-order valence-electron chi connectivity index (χ2n) is 6.24. The van der Waals surface area contributed by atoms with Crippen molar-refractivity contribution in [3.63, 3.8) is 0 Å². The third-order valence-electron chi connectivity index (χ3n) is 4.94. The van der Waals surface area contributed by atoms with Crippen LogP contribution in [0.3, 0.4) is 0 Å². The van der Waals surface area contributed by atoms with E-state index < -0.39 is 0 Å². The molecule has 0 aliphatic carbocycles. The lowest BCUT2D eigenvalue weighted by atomic mass is 10.1. The highest BCUT2D eigenvalue weighted by Gasteiger charge is 2.43. The molecule has 2 saturated heterocycles. The van der Waals surface area contributed by atoms with E-state index in [0.717, 1.165) is 44.0 Å². The summed E-state index contributed by atoms with van der Waals surface area (Å²) in [6, 6.07) is 13.1. The zero-order chi connectivity index (χ0) is 15.6. The average molecular weight is 305 g/mol. The van der Waals surface area contributed by atoms with Gasteiger partial charge in [-0.05, 0) is 36.6 Å². The lowest BCUT2D eigenvalue weighted by Crippen LogP contribution is -2.37. The molecule has 2 aliphatic heterocycles. The van der Waals surface area contributed by atoms with Gasteiger partial charge in [0.2, 0.25) is 5.95 Å². The van der Waals surface area contributed by atoms with E-state index in [1.54, 1.807) is 0 Å². The van der Waals surface area contributed by atoms with Crippen LogP contribution >= 0.6 is 0 Å². The number of benzene rings is 1. The lowest BCUT2D eigenvalue weighted by Gasteiger charge is -2.25. The first-order chi connectivity index (χ1) is 11.3. The van der Waals surface area contributed by atoms with Crippen LogP contribution in [-0.2, 0) is 6.54 Å². The molecule has 2 aliphatic rings. The van der Waals surface area contributed by atoms with Gasteiger partial charge < -0.3 is 4.90 Å². The molecule has 2 atom stereocenters. The smallest absolute Gasteiger partial charge is 0.225 e. The van der Waals surface area contributed by atoms with Crippen LogP contribution in [0, 0.1) is 11.3 Å². The highest BCUT2D eigenvalue weighted by atomic mass is 15.4. The quantitative estimate of drug-likeness (QED) is 0.870. The van der Waals surface area contributed by atoms with E-state index in [0.29, 0.717) is 12.1 Å². The van der Waals surface area contributed by atoms with E-state index in [9.17, 15) is 0 Å². The minimum atomic E-state index is 0.511. The summed E-state index contributed by atoms with van der Waals surface area (Å²) < 4.78 is 0. The normalized spacial score (nSPS) is 23.7. The molecule has 1 aromatic heterocycles. The van der Waals surface area contributed by atoms with Gasteiger partial charge in [-0.1, -0.05) is 12.1 Å². The largest absolute Gasteiger partial charge is 0.336 e. The third kappa shape index (κ3) is 2.66. The van der Waals surface area contributed by atoms with Crippen molar-refractivity contribution in [1.29, 1.82) is 5.26 Å². The molecule has 0 spiro atoms. The number of hydrogen-bond acceptors (Lipinski definition) is 5. The Labute approximate surface area is 136 Å². The molecule has 0 bridgehead atoms. The molecule has 5 heteroatoms. The molecule has 0 amide bonds. The summed E-state index contributed by atoms with van der Waals surface area (Å²) in [4.78, 5) is 13.7. The number of anilines is 1. The van der Waals surface area contributed by atoms with Crippen molar-refractivity contribution >= 4 is 5.95 Å². The van der Waals surface area contributed by atoms with Gasteiger partial charge >= 0.3 is 0 Å². The van der Waals surface area contributed by atoms with Gasteiger partial charge in [0.25, 0.3) is 0 Å². The Kier molecular flexibility index (Phi) is 3.68. The van der Waals surface area contributed by atoms with Gasteiger partial charge in [0.15, 0.2) is 0 Å². The molecule has 0 radical (unpaired) electrons. The minimum absolute atomic E-state index is 0.511.